The summed E-state index contributed by atoms with van der Waals surface area (Å²) >= 11 is 0. The molecule has 2 N–H and O–H groups in total. The van der Waals surface area contributed by atoms with Gasteiger partial charge in [0.2, 0.25) is 0 Å². The summed E-state index contributed by atoms with van der Waals surface area (Å²) in [7, 11) is 0. The highest BCUT2D eigenvalue weighted by Gasteiger charge is 2.22. The lowest BCUT2D eigenvalue weighted by Crippen LogP contribution is -2.45. The molecule has 2 unspecified atom stereocenters. The van der Waals surface area contributed by atoms with Crippen molar-refractivity contribution < 1.29 is 9.84 Å². The van der Waals surface area contributed by atoms with Gasteiger partial charge in [-0.3, -0.25) is 0 Å². The van der Waals surface area contributed by atoms with Crippen molar-refractivity contribution in [1.82, 2.24) is 5.32 Å². The van der Waals surface area contributed by atoms with E-state index in [1.807, 2.05) is 30.3 Å². The fourth-order valence-electron chi connectivity index (χ4n) is 1.67. The number of aliphatic hydroxyl groups is 1. The molecule has 1 aromatic rings. The fourth-order valence-corrected chi connectivity index (χ4v) is 1.67. The van der Waals surface area contributed by atoms with Crippen LogP contribution in [0.15, 0.2) is 30.3 Å². The molecule has 0 bridgehead atoms. The van der Waals surface area contributed by atoms with Crippen molar-refractivity contribution in [2.75, 3.05) is 19.8 Å². The van der Waals surface area contributed by atoms with Crippen LogP contribution >= 0.6 is 12.4 Å². The molecule has 0 amide bonds. The summed E-state index contributed by atoms with van der Waals surface area (Å²) < 4.78 is 5.30. The van der Waals surface area contributed by atoms with Crippen LogP contribution in [0.25, 0.3) is 0 Å². The molecule has 1 aromatic carbocycles. The highest BCUT2D eigenvalue weighted by molar-refractivity contribution is 5.85. The van der Waals surface area contributed by atoms with Gasteiger partial charge in [0.15, 0.2) is 0 Å². The summed E-state index contributed by atoms with van der Waals surface area (Å²) in [6.07, 6.45) is -0.475. The normalized spacial score (nSPS) is 22.9. The summed E-state index contributed by atoms with van der Waals surface area (Å²) in [5.41, 5.74) is 0.940. The van der Waals surface area contributed by atoms with Gasteiger partial charge in [0.1, 0.15) is 0 Å². The Kier molecular flexibility index (Phi) is 5.05. The van der Waals surface area contributed by atoms with Crippen LogP contribution in [-0.4, -0.2) is 30.9 Å². The number of halogens is 1. The highest BCUT2D eigenvalue weighted by Crippen LogP contribution is 2.17. The molecule has 0 radical (unpaired) electrons. The van der Waals surface area contributed by atoms with Gasteiger partial charge in [0, 0.05) is 6.54 Å². The summed E-state index contributed by atoms with van der Waals surface area (Å²) in [6, 6.07) is 9.69. The molecule has 2 atom stereocenters. The number of hydrogen-bond donors (Lipinski definition) is 2. The smallest absolute Gasteiger partial charge is 0.0965 e. The SMILES string of the molecule is Cl.OC(c1ccccc1)C1COCCN1. The van der Waals surface area contributed by atoms with Crippen molar-refractivity contribution in [2.24, 2.45) is 0 Å². The average Bonchev–Trinajstić information content (AvgIpc) is 2.30. The molecule has 4 heteroatoms. The minimum atomic E-state index is -0.475. The number of ether oxygens (including phenoxy) is 1. The van der Waals surface area contributed by atoms with E-state index in [0.29, 0.717) is 6.61 Å². The zero-order chi connectivity index (χ0) is 9.80. The molecule has 1 aliphatic heterocycles. The van der Waals surface area contributed by atoms with E-state index in [-0.39, 0.29) is 18.4 Å². The zero-order valence-electron chi connectivity index (χ0n) is 8.43. The first-order chi connectivity index (χ1) is 6.88. The van der Waals surface area contributed by atoms with Crippen LogP contribution in [0.3, 0.4) is 0 Å². The minimum absolute atomic E-state index is 0. The monoisotopic (exact) mass is 229 g/mol. The molecule has 0 aromatic heterocycles. The Morgan fingerprint density at radius 1 is 1.33 bits per heavy atom. The zero-order valence-corrected chi connectivity index (χ0v) is 9.24. The van der Waals surface area contributed by atoms with Gasteiger partial charge in [-0.15, -0.1) is 12.4 Å². The largest absolute Gasteiger partial charge is 0.387 e. The Bertz CT molecular complexity index is 275. The minimum Gasteiger partial charge on any atom is -0.387 e. The van der Waals surface area contributed by atoms with Gasteiger partial charge in [0.25, 0.3) is 0 Å². The van der Waals surface area contributed by atoms with Crippen molar-refractivity contribution >= 4 is 12.4 Å². The summed E-state index contributed by atoms with van der Waals surface area (Å²) in [6.45, 7) is 2.13. The Hall–Kier alpha value is -0.610. The van der Waals surface area contributed by atoms with Gasteiger partial charge in [-0.05, 0) is 5.56 Å². The number of aliphatic hydroxyl groups excluding tert-OH is 1. The Labute approximate surface area is 95.9 Å². The lowest BCUT2D eigenvalue weighted by molar-refractivity contribution is 0.0177. The van der Waals surface area contributed by atoms with E-state index in [9.17, 15) is 5.11 Å². The maximum absolute atomic E-state index is 10.0. The van der Waals surface area contributed by atoms with Crippen molar-refractivity contribution in [3.05, 3.63) is 35.9 Å². The van der Waals surface area contributed by atoms with Crippen LogP contribution in [-0.2, 0) is 4.74 Å². The molecule has 84 valence electrons. The molecule has 1 saturated heterocycles. The van der Waals surface area contributed by atoms with E-state index >= 15 is 0 Å². The maximum Gasteiger partial charge on any atom is 0.0965 e. The lowest BCUT2D eigenvalue weighted by atomic mass is 10.0. The second-order valence-electron chi connectivity index (χ2n) is 3.49. The second-order valence-corrected chi connectivity index (χ2v) is 3.49. The third-order valence-corrected chi connectivity index (χ3v) is 2.47. The maximum atomic E-state index is 10.0. The van der Waals surface area contributed by atoms with Gasteiger partial charge in [-0.1, -0.05) is 30.3 Å². The number of nitrogens with one attached hydrogen (secondary N) is 1. The van der Waals surface area contributed by atoms with Gasteiger partial charge < -0.3 is 15.2 Å². The molecule has 1 fully saturated rings. The Morgan fingerprint density at radius 2 is 2.07 bits per heavy atom. The van der Waals surface area contributed by atoms with Gasteiger partial charge in [0.05, 0.1) is 25.4 Å². The molecule has 2 rings (SSSR count). The average molecular weight is 230 g/mol. The van der Waals surface area contributed by atoms with Crippen LogP contribution in [0.5, 0.6) is 0 Å². The highest BCUT2D eigenvalue weighted by atomic mass is 35.5. The number of rotatable bonds is 2. The summed E-state index contributed by atoms with van der Waals surface area (Å²) in [4.78, 5) is 0. The van der Waals surface area contributed by atoms with E-state index in [2.05, 4.69) is 5.32 Å². The number of morpholine rings is 1. The quantitative estimate of drug-likeness (QED) is 0.799. The van der Waals surface area contributed by atoms with Gasteiger partial charge in [-0.2, -0.15) is 0 Å². The molecule has 0 aliphatic carbocycles. The van der Waals surface area contributed by atoms with Crippen molar-refractivity contribution in [1.29, 1.82) is 0 Å². The molecular weight excluding hydrogens is 214 g/mol. The Balaban J connectivity index is 0.00000112. The first-order valence-electron chi connectivity index (χ1n) is 4.92. The standard InChI is InChI=1S/C11H15NO2.ClH/c13-11(9-4-2-1-3-5-9)10-8-14-7-6-12-10;/h1-5,10-13H,6-8H2;1H. The van der Waals surface area contributed by atoms with E-state index in [1.54, 1.807) is 0 Å². The predicted octanol–water partition coefficient (Wildman–Crippen LogP) is 1.13. The molecule has 3 nitrogen and oxygen atoms in total. The van der Waals surface area contributed by atoms with Gasteiger partial charge in [-0.25, -0.2) is 0 Å². The molecule has 1 aliphatic rings. The van der Waals surface area contributed by atoms with Crippen LogP contribution in [0, 0.1) is 0 Å². The number of hydrogen-bond acceptors (Lipinski definition) is 3. The third-order valence-electron chi connectivity index (χ3n) is 2.47. The van der Waals surface area contributed by atoms with Crippen molar-refractivity contribution in [2.45, 2.75) is 12.1 Å². The van der Waals surface area contributed by atoms with Crippen LogP contribution in [0.2, 0.25) is 0 Å². The van der Waals surface area contributed by atoms with Crippen molar-refractivity contribution in [3.63, 3.8) is 0 Å². The van der Waals surface area contributed by atoms with Gasteiger partial charge >= 0.3 is 0 Å². The summed E-state index contributed by atoms with van der Waals surface area (Å²) in [5, 5.41) is 13.2. The lowest BCUT2D eigenvalue weighted by Gasteiger charge is -2.28. The molecule has 0 spiro atoms. The van der Waals surface area contributed by atoms with Crippen LogP contribution in [0.4, 0.5) is 0 Å². The van der Waals surface area contributed by atoms with E-state index in [0.717, 1.165) is 18.7 Å². The van der Waals surface area contributed by atoms with Crippen LogP contribution < -0.4 is 5.32 Å². The fraction of sp³-hybridized carbons (Fsp3) is 0.455. The van der Waals surface area contributed by atoms with Crippen molar-refractivity contribution in [3.8, 4) is 0 Å². The topological polar surface area (TPSA) is 41.5 Å². The Morgan fingerprint density at radius 3 is 2.67 bits per heavy atom. The van der Waals surface area contributed by atoms with E-state index in [4.69, 9.17) is 4.74 Å². The number of benzene rings is 1. The summed E-state index contributed by atoms with van der Waals surface area (Å²) in [5.74, 6) is 0. The van der Waals surface area contributed by atoms with E-state index in [1.165, 1.54) is 0 Å². The molecule has 1 heterocycles. The van der Waals surface area contributed by atoms with Crippen LogP contribution in [0.1, 0.15) is 11.7 Å². The molecule has 15 heavy (non-hydrogen) atoms. The molecule has 0 saturated carbocycles. The second kappa shape index (κ2) is 6.08. The first kappa shape index (κ1) is 12.5. The first-order valence-corrected chi connectivity index (χ1v) is 4.92. The predicted molar refractivity (Wildman–Crippen MR) is 61.3 cm³/mol. The molecular formula is C11H16ClNO2. The third kappa shape index (κ3) is 3.18. The van der Waals surface area contributed by atoms with E-state index < -0.39 is 6.10 Å².